The molecule has 2 aliphatic carbocycles. The average molecular weight is 278 g/mol. The minimum Gasteiger partial charge on any atom is -0.342 e. The van der Waals surface area contributed by atoms with Crippen LogP contribution < -0.4 is 0 Å². The maximum absolute atomic E-state index is 12.6. The van der Waals surface area contributed by atoms with Gasteiger partial charge >= 0.3 is 0 Å². The lowest BCUT2D eigenvalue weighted by molar-refractivity contribution is -0.148. The van der Waals surface area contributed by atoms with Crippen LogP contribution >= 0.6 is 0 Å². The number of fused-ring (bicyclic) bond motifs is 1. The van der Waals surface area contributed by atoms with Crippen LogP contribution in [0.5, 0.6) is 0 Å². The lowest BCUT2D eigenvalue weighted by Crippen LogP contribution is -2.52. The molecule has 0 bridgehead atoms. The van der Waals surface area contributed by atoms with Crippen LogP contribution in [0.1, 0.15) is 44.9 Å². The molecule has 0 radical (unpaired) electrons. The number of nitrogens with zero attached hydrogens (tertiary/aromatic N) is 2. The number of carbonyl (C=O) groups excluding carboxylic acids is 2. The smallest absolute Gasteiger partial charge is 0.241 e. The fourth-order valence-electron chi connectivity index (χ4n) is 4.30. The molecule has 3 fully saturated rings. The number of carbonyl (C=O) groups is 2. The van der Waals surface area contributed by atoms with E-state index in [1.54, 1.807) is 9.80 Å². The molecule has 4 nitrogen and oxygen atoms in total. The standard InChI is InChI=1S/C16H26N2O2/c1-17-8-9-18(11-15(17)19)16(20)14-7-6-12-4-2-3-5-13(12)10-14/h12-14H,2-11H2,1H3. The Morgan fingerprint density at radius 3 is 2.55 bits per heavy atom. The van der Waals surface area contributed by atoms with Crippen molar-refractivity contribution in [2.75, 3.05) is 26.7 Å². The molecule has 0 aromatic rings. The molecular formula is C16H26N2O2. The highest BCUT2D eigenvalue weighted by molar-refractivity contribution is 5.87. The molecule has 1 aliphatic heterocycles. The first-order chi connectivity index (χ1) is 9.65. The second-order valence-corrected chi connectivity index (χ2v) is 6.89. The summed E-state index contributed by atoms with van der Waals surface area (Å²) in [5.74, 6) is 2.16. The van der Waals surface area contributed by atoms with E-state index in [-0.39, 0.29) is 17.7 Å². The maximum Gasteiger partial charge on any atom is 0.241 e. The zero-order valence-corrected chi connectivity index (χ0v) is 12.5. The molecule has 0 aromatic carbocycles. The number of hydrogen-bond acceptors (Lipinski definition) is 2. The van der Waals surface area contributed by atoms with E-state index in [0.717, 1.165) is 24.7 Å². The van der Waals surface area contributed by atoms with E-state index in [9.17, 15) is 9.59 Å². The van der Waals surface area contributed by atoms with Crippen LogP contribution in [-0.2, 0) is 9.59 Å². The molecule has 2 amide bonds. The fraction of sp³-hybridized carbons (Fsp3) is 0.875. The molecule has 0 aromatic heterocycles. The summed E-state index contributed by atoms with van der Waals surface area (Å²) in [6.07, 6.45) is 8.75. The van der Waals surface area contributed by atoms with E-state index in [4.69, 9.17) is 0 Å². The summed E-state index contributed by atoms with van der Waals surface area (Å²) in [4.78, 5) is 27.9. The van der Waals surface area contributed by atoms with Gasteiger partial charge in [-0.25, -0.2) is 0 Å². The highest BCUT2D eigenvalue weighted by atomic mass is 16.2. The Labute approximate surface area is 121 Å². The van der Waals surface area contributed by atoms with Crippen LogP contribution in [0.3, 0.4) is 0 Å². The van der Waals surface area contributed by atoms with Crippen molar-refractivity contribution < 1.29 is 9.59 Å². The second kappa shape index (κ2) is 5.74. The number of amides is 2. The summed E-state index contributed by atoms with van der Waals surface area (Å²) in [5, 5.41) is 0. The molecule has 20 heavy (non-hydrogen) atoms. The molecule has 2 saturated carbocycles. The van der Waals surface area contributed by atoms with E-state index in [0.29, 0.717) is 19.6 Å². The lowest BCUT2D eigenvalue weighted by atomic mass is 9.67. The van der Waals surface area contributed by atoms with Gasteiger partial charge in [0.25, 0.3) is 0 Å². The van der Waals surface area contributed by atoms with Crippen molar-refractivity contribution in [3.8, 4) is 0 Å². The molecule has 112 valence electrons. The Kier molecular flexibility index (Phi) is 3.99. The predicted octanol–water partition coefficient (Wildman–Crippen LogP) is 1.89. The number of likely N-dealkylation sites (N-methyl/N-ethyl adjacent to an activating group) is 1. The second-order valence-electron chi connectivity index (χ2n) is 6.89. The normalized spacial score (nSPS) is 34.9. The largest absolute Gasteiger partial charge is 0.342 e. The predicted molar refractivity (Wildman–Crippen MR) is 77.0 cm³/mol. The highest BCUT2D eigenvalue weighted by Crippen LogP contribution is 2.43. The van der Waals surface area contributed by atoms with Crippen molar-refractivity contribution in [1.29, 1.82) is 0 Å². The van der Waals surface area contributed by atoms with Crippen molar-refractivity contribution >= 4 is 11.8 Å². The first kappa shape index (κ1) is 13.9. The summed E-state index contributed by atoms with van der Waals surface area (Å²) in [7, 11) is 1.82. The zero-order chi connectivity index (χ0) is 14.1. The van der Waals surface area contributed by atoms with Crippen LogP contribution in [0, 0.1) is 17.8 Å². The monoisotopic (exact) mass is 278 g/mol. The molecule has 0 N–H and O–H groups in total. The third-order valence-electron chi connectivity index (χ3n) is 5.66. The van der Waals surface area contributed by atoms with Gasteiger partial charge in [0.2, 0.25) is 11.8 Å². The summed E-state index contributed by atoms with van der Waals surface area (Å²) < 4.78 is 0. The minimum absolute atomic E-state index is 0.0796. The van der Waals surface area contributed by atoms with Gasteiger partial charge in [0.05, 0.1) is 6.54 Å². The summed E-state index contributed by atoms with van der Waals surface area (Å²) in [6, 6.07) is 0. The van der Waals surface area contributed by atoms with Crippen molar-refractivity contribution in [2.24, 2.45) is 17.8 Å². The van der Waals surface area contributed by atoms with E-state index >= 15 is 0 Å². The van der Waals surface area contributed by atoms with Gasteiger partial charge in [-0.2, -0.15) is 0 Å². The van der Waals surface area contributed by atoms with Crippen LogP contribution in [0.4, 0.5) is 0 Å². The van der Waals surface area contributed by atoms with Gasteiger partial charge in [-0.3, -0.25) is 9.59 Å². The van der Waals surface area contributed by atoms with Gasteiger partial charge in [-0.05, 0) is 31.1 Å². The number of hydrogen-bond donors (Lipinski definition) is 0. The molecule has 1 heterocycles. The van der Waals surface area contributed by atoms with E-state index < -0.39 is 0 Å². The average Bonchev–Trinajstić information content (AvgIpc) is 2.49. The summed E-state index contributed by atoms with van der Waals surface area (Å²) in [5.41, 5.74) is 0. The van der Waals surface area contributed by atoms with Gasteiger partial charge in [-0.1, -0.05) is 25.7 Å². The van der Waals surface area contributed by atoms with Crippen molar-refractivity contribution in [1.82, 2.24) is 9.80 Å². The molecule has 3 unspecified atom stereocenters. The van der Waals surface area contributed by atoms with Crippen molar-refractivity contribution in [2.45, 2.75) is 44.9 Å². The first-order valence-electron chi connectivity index (χ1n) is 8.18. The van der Waals surface area contributed by atoms with Gasteiger partial charge in [0, 0.05) is 26.1 Å². The number of rotatable bonds is 1. The summed E-state index contributed by atoms with van der Waals surface area (Å²) >= 11 is 0. The van der Waals surface area contributed by atoms with Gasteiger partial charge in [-0.15, -0.1) is 0 Å². The van der Waals surface area contributed by atoms with E-state index in [2.05, 4.69) is 0 Å². The molecule has 0 spiro atoms. The highest BCUT2D eigenvalue weighted by Gasteiger charge is 2.37. The quantitative estimate of drug-likeness (QED) is 0.735. The zero-order valence-electron chi connectivity index (χ0n) is 12.5. The topological polar surface area (TPSA) is 40.6 Å². The Morgan fingerprint density at radius 2 is 1.80 bits per heavy atom. The maximum atomic E-state index is 12.6. The molecular weight excluding hydrogens is 252 g/mol. The molecule has 3 atom stereocenters. The van der Waals surface area contributed by atoms with Gasteiger partial charge in [0.1, 0.15) is 0 Å². The molecule has 1 saturated heterocycles. The van der Waals surface area contributed by atoms with Gasteiger partial charge < -0.3 is 9.80 Å². The van der Waals surface area contributed by atoms with E-state index in [1.807, 2.05) is 7.05 Å². The van der Waals surface area contributed by atoms with Crippen molar-refractivity contribution in [3.63, 3.8) is 0 Å². The third kappa shape index (κ3) is 2.70. The fourth-order valence-corrected chi connectivity index (χ4v) is 4.30. The van der Waals surface area contributed by atoms with Crippen LogP contribution in [0.2, 0.25) is 0 Å². The van der Waals surface area contributed by atoms with Gasteiger partial charge in [0.15, 0.2) is 0 Å². The molecule has 3 rings (SSSR count). The Balaban J connectivity index is 1.59. The SMILES string of the molecule is CN1CCN(C(=O)C2CCC3CCCCC3C2)CC1=O. The Hall–Kier alpha value is -1.06. The molecule has 3 aliphatic rings. The van der Waals surface area contributed by atoms with Crippen LogP contribution in [0.15, 0.2) is 0 Å². The Morgan fingerprint density at radius 1 is 1.05 bits per heavy atom. The van der Waals surface area contributed by atoms with Crippen molar-refractivity contribution in [3.05, 3.63) is 0 Å². The third-order valence-corrected chi connectivity index (χ3v) is 5.66. The Bertz CT molecular complexity index is 396. The van der Waals surface area contributed by atoms with Crippen LogP contribution in [0.25, 0.3) is 0 Å². The van der Waals surface area contributed by atoms with Crippen LogP contribution in [-0.4, -0.2) is 48.3 Å². The first-order valence-corrected chi connectivity index (χ1v) is 8.18. The lowest BCUT2D eigenvalue weighted by Gasteiger charge is -2.41. The minimum atomic E-state index is 0.0796. The molecule has 4 heteroatoms. The summed E-state index contributed by atoms with van der Waals surface area (Å²) in [6.45, 7) is 1.69. The number of piperazine rings is 1. The van der Waals surface area contributed by atoms with E-state index in [1.165, 1.54) is 32.1 Å².